The van der Waals surface area contributed by atoms with Gasteiger partial charge in [0.05, 0.1) is 12.2 Å². The lowest BCUT2D eigenvalue weighted by Gasteiger charge is -2.06. The number of benzene rings is 1. The van der Waals surface area contributed by atoms with Gasteiger partial charge in [-0.25, -0.2) is 5.84 Å². The molecule has 0 bridgehead atoms. The van der Waals surface area contributed by atoms with Crippen LogP contribution in [0.25, 0.3) is 0 Å². The molecule has 106 valence electrons. The minimum absolute atomic E-state index is 0.282. The van der Waals surface area contributed by atoms with Crippen LogP contribution in [0.4, 0.5) is 0 Å². The van der Waals surface area contributed by atoms with Crippen LogP contribution in [0.3, 0.4) is 0 Å². The third-order valence-corrected chi connectivity index (χ3v) is 3.56. The number of amides is 1. The Kier molecular flexibility index (Phi) is 4.20. The molecule has 0 atom stereocenters. The molecule has 0 spiro atoms. The number of aromatic nitrogens is 2. The summed E-state index contributed by atoms with van der Waals surface area (Å²) in [5.74, 6) is 4.83. The minimum atomic E-state index is -0.282. The van der Waals surface area contributed by atoms with Crippen molar-refractivity contribution < 1.29 is 4.79 Å². The maximum atomic E-state index is 11.4. The van der Waals surface area contributed by atoms with Crippen molar-refractivity contribution in [3.8, 4) is 0 Å². The summed E-state index contributed by atoms with van der Waals surface area (Å²) in [6.45, 7) is 6.98. The first kappa shape index (κ1) is 14.3. The first-order chi connectivity index (χ1) is 9.56. The molecule has 1 aromatic carbocycles. The fourth-order valence-electron chi connectivity index (χ4n) is 2.42. The van der Waals surface area contributed by atoms with Gasteiger partial charge in [-0.05, 0) is 43.5 Å². The number of nitrogen functional groups attached to an aromatic ring is 1. The molecule has 5 heteroatoms. The number of nitrogens with two attached hydrogens (primary N) is 1. The van der Waals surface area contributed by atoms with Crippen molar-refractivity contribution >= 4 is 5.91 Å². The Bertz CT molecular complexity index is 614. The molecule has 0 saturated carbocycles. The average molecular weight is 272 g/mol. The summed E-state index contributed by atoms with van der Waals surface area (Å²) < 4.78 is 2.01. The Morgan fingerprint density at radius 3 is 2.45 bits per heavy atom. The first-order valence-electron chi connectivity index (χ1n) is 6.69. The second-order valence-corrected chi connectivity index (χ2v) is 4.83. The molecule has 2 rings (SSSR count). The van der Waals surface area contributed by atoms with Crippen LogP contribution in [0.2, 0.25) is 0 Å². The summed E-state index contributed by atoms with van der Waals surface area (Å²) in [5, 5.41) is 4.57. The number of aryl methyl sites for hydroxylation is 1. The van der Waals surface area contributed by atoms with Gasteiger partial charge in [-0.1, -0.05) is 19.1 Å². The number of nitrogens with zero attached hydrogens (tertiary/aromatic N) is 2. The van der Waals surface area contributed by atoms with Crippen molar-refractivity contribution in [2.24, 2.45) is 5.84 Å². The minimum Gasteiger partial charge on any atom is -0.290 e. The van der Waals surface area contributed by atoms with Crippen molar-refractivity contribution in [3.63, 3.8) is 0 Å². The van der Waals surface area contributed by atoms with Gasteiger partial charge < -0.3 is 0 Å². The molecule has 5 nitrogen and oxygen atoms in total. The van der Waals surface area contributed by atoms with E-state index in [9.17, 15) is 4.79 Å². The molecule has 1 heterocycles. The maximum Gasteiger partial charge on any atom is 0.265 e. The molecule has 0 unspecified atom stereocenters. The molecule has 2 aromatic rings. The Labute approximate surface area is 118 Å². The van der Waals surface area contributed by atoms with Gasteiger partial charge in [-0.3, -0.25) is 14.9 Å². The topological polar surface area (TPSA) is 72.9 Å². The Hall–Kier alpha value is -2.14. The highest BCUT2D eigenvalue weighted by atomic mass is 16.2. The molecule has 20 heavy (non-hydrogen) atoms. The summed E-state index contributed by atoms with van der Waals surface area (Å²) in [6, 6.07) is 7.38. The van der Waals surface area contributed by atoms with Gasteiger partial charge in [0.25, 0.3) is 5.91 Å². The van der Waals surface area contributed by atoms with Gasteiger partial charge in [0.2, 0.25) is 0 Å². The van der Waals surface area contributed by atoms with E-state index in [0.29, 0.717) is 12.1 Å². The van der Waals surface area contributed by atoms with E-state index in [0.717, 1.165) is 17.7 Å². The predicted octanol–water partition coefficient (Wildman–Crippen LogP) is 1.71. The third-order valence-electron chi connectivity index (χ3n) is 3.56. The predicted molar refractivity (Wildman–Crippen MR) is 78.3 cm³/mol. The van der Waals surface area contributed by atoms with E-state index >= 15 is 0 Å². The number of hydrazine groups is 1. The van der Waals surface area contributed by atoms with Gasteiger partial charge in [0.1, 0.15) is 0 Å². The fraction of sp³-hybridized carbons (Fsp3) is 0.333. The zero-order chi connectivity index (χ0) is 14.7. The van der Waals surface area contributed by atoms with Crippen LogP contribution < -0.4 is 11.3 Å². The van der Waals surface area contributed by atoms with Crippen LogP contribution in [0.1, 0.15) is 39.8 Å². The maximum absolute atomic E-state index is 11.4. The summed E-state index contributed by atoms with van der Waals surface area (Å²) in [5.41, 5.74) is 7.38. The Balaban J connectivity index is 2.20. The first-order valence-corrected chi connectivity index (χ1v) is 6.69. The number of carbonyl (C=O) groups is 1. The van der Waals surface area contributed by atoms with Crippen LogP contribution in [0.15, 0.2) is 24.3 Å². The highest BCUT2D eigenvalue weighted by molar-refractivity contribution is 5.93. The van der Waals surface area contributed by atoms with Gasteiger partial charge in [0, 0.05) is 11.3 Å². The van der Waals surface area contributed by atoms with Crippen molar-refractivity contribution in [1.82, 2.24) is 15.2 Å². The number of hydrogen-bond donors (Lipinski definition) is 2. The van der Waals surface area contributed by atoms with E-state index < -0.39 is 0 Å². The van der Waals surface area contributed by atoms with E-state index in [1.165, 1.54) is 11.3 Å². The van der Waals surface area contributed by atoms with Crippen LogP contribution in [-0.4, -0.2) is 15.7 Å². The molecule has 0 radical (unpaired) electrons. The summed E-state index contributed by atoms with van der Waals surface area (Å²) in [6.07, 6.45) is 0.993. The normalized spacial score (nSPS) is 10.6. The molecule has 0 saturated heterocycles. The molecule has 1 aromatic heterocycles. The van der Waals surface area contributed by atoms with Crippen molar-refractivity contribution in [2.45, 2.75) is 33.7 Å². The van der Waals surface area contributed by atoms with E-state index in [1.54, 1.807) is 12.1 Å². The van der Waals surface area contributed by atoms with Crippen LogP contribution >= 0.6 is 0 Å². The quantitative estimate of drug-likeness (QED) is 0.505. The van der Waals surface area contributed by atoms with Crippen LogP contribution in [0.5, 0.6) is 0 Å². The number of carbonyl (C=O) groups excluding carboxylic acids is 1. The third kappa shape index (κ3) is 2.72. The second-order valence-electron chi connectivity index (χ2n) is 4.83. The second kappa shape index (κ2) is 5.88. The highest BCUT2D eigenvalue weighted by Gasteiger charge is 2.10. The van der Waals surface area contributed by atoms with E-state index in [2.05, 4.69) is 24.4 Å². The van der Waals surface area contributed by atoms with E-state index in [-0.39, 0.29) is 5.91 Å². The van der Waals surface area contributed by atoms with Gasteiger partial charge in [-0.15, -0.1) is 0 Å². The van der Waals surface area contributed by atoms with Crippen molar-refractivity contribution in [2.75, 3.05) is 0 Å². The monoisotopic (exact) mass is 272 g/mol. The lowest BCUT2D eigenvalue weighted by molar-refractivity contribution is 0.0953. The summed E-state index contributed by atoms with van der Waals surface area (Å²) in [4.78, 5) is 11.4. The lowest BCUT2D eigenvalue weighted by atomic mass is 10.1. The molecular formula is C15H20N4O. The smallest absolute Gasteiger partial charge is 0.265 e. The van der Waals surface area contributed by atoms with Gasteiger partial charge in [0.15, 0.2) is 0 Å². The SMILES string of the molecule is CCc1c(C)nn(Cc2ccc(C(=O)NN)cc2)c1C. The summed E-state index contributed by atoms with van der Waals surface area (Å²) >= 11 is 0. The Morgan fingerprint density at radius 1 is 1.30 bits per heavy atom. The number of hydrogen-bond acceptors (Lipinski definition) is 3. The van der Waals surface area contributed by atoms with Crippen molar-refractivity contribution in [1.29, 1.82) is 0 Å². The van der Waals surface area contributed by atoms with E-state index in [4.69, 9.17) is 5.84 Å². The number of nitrogens with one attached hydrogen (secondary N) is 1. The molecular weight excluding hydrogens is 252 g/mol. The lowest BCUT2D eigenvalue weighted by Crippen LogP contribution is -2.29. The van der Waals surface area contributed by atoms with E-state index in [1.807, 2.05) is 23.7 Å². The molecule has 3 N–H and O–H groups in total. The van der Waals surface area contributed by atoms with Gasteiger partial charge in [-0.2, -0.15) is 5.10 Å². The zero-order valence-electron chi connectivity index (χ0n) is 12.1. The molecule has 0 aliphatic rings. The molecule has 1 amide bonds. The highest BCUT2D eigenvalue weighted by Crippen LogP contribution is 2.15. The fourth-order valence-corrected chi connectivity index (χ4v) is 2.42. The molecule has 0 fully saturated rings. The average Bonchev–Trinajstić information content (AvgIpc) is 2.73. The Morgan fingerprint density at radius 2 is 1.95 bits per heavy atom. The number of rotatable bonds is 4. The zero-order valence-corrected chi connectivity index (χ0v) is 12.1. The van der Waals surface area contributed by atoms with Crippen molar-refractivity contribution in [3.05, 3.63) is 52.3 Å². The largest absolute Gasteiger partial charge is 0.290 e. The standard InChI is InChI=1S/C15H20N4O/c1-4-14-10(2)18-19(11(14)3)9-12-5-7-13(8-6-12)15(20)17-16/h5-8H,4,9,16H2,1-3H3,(H,17,20). The van der Waals surface area contributed by atoms with Gasteiger partial charge >= 0.3 is 0 Å². The van der Waals surface area contributed by atoms with Crippen LogP contribution in [-0.2, 0) is 13.0 Å². The molecule has 0 aliphatic heterocycles. The van der Waals surface area contributed by atoms with Crippen LogP contribution in [0, 0.1) is 13.8 Å². The molecule has 0 aliphatic carbocycles. The summed E-state index contributed by atoms with van der Waals surface area (Å²) in [7, 11) is 0.